The number of fused-ring (bicyclic) bond motifs is 7. The van der Waals surface area contributed by atoms with Crippen LogP contribution in [0.15, 0.2) is 48.5 Å². The zero-order valence-electron chi connectivity index (χ0n) is 16.2. The van der Waals surface area contributed by atoms with Crippen molar-refractivity contribution < 1.29 is 19.3 Å². The van der Waals surface area contributed by atoms with Crippen LogP contribution in [-0.4, -0.2) is 35.2 Å². The summed E-state index contributed by atoms with van der Waals surface area (Å²) in [5.74, 6) is -1.71. The number of benzene rings is 2. The zero-order chi connectivity index (χ0) is 20.6. The van der Waals surface area contributed by atoms with Crippen molar-refractivity contribution in [3.8, 4) is 0 Å². The second-order valence-corrected chi connectivity index (χ2v) is 9.16. The monoisotopic (exact) mass is 422 g/mol. The van der Waals surface area contributed by atoms with Crippen LogP contribution in [-0.2, 0) is 26.5 Å². The minimum Gasteiger partial charge on any atom is -0.320 e. The van der Waals surface area contributed by atoms with Crippen molar-refractivity contribution in [1.29, 1.82) is 0 Å². The lowest BCUT2D eigenvalue weighted by Gasteiger charge is -2.33. The van der Waals surface area contributed by atoms with Gasteiger partial charge in [-0.2, -0.15) is 0 Å². The van der Waals surface area contributed by atoms with Gasteiger partial charge in [-0.25, -0.2) is 0 Å². The summed E-state index contributed by atoms with van der Waals surface area (Å²) in [6.07, 6.45) is 1.79. The van der Waals surface area contributed by atoms with Crippen LogP contribution in [0.4, 0.5) is 5.69 Å². The summed E-state index contributed by atoms with van der Waals surface area (Å²) in [5.41, 5.74) is 1.29. The van der Waals surface area contributed by atoms with E-state index in [9.17, 15) is 14.4 Å². The highest BCUT2D eigenvalue weighted by atomic mass is 35.5. The minimum atomic E-state index is -1.08. The van der Waals surface area contributed by atoms with Gasteiger partial charge in [0.15, 0.2) is 0 Å². The molecule has 0 aliphatic carbocycles. The summed E-state index contributed by atoms with van der Waals surface area (Å²) >= 11 is 6.31. The maximum atomic E-state index is 13.7. The highest BCUT2D eigenvalue weighted by Crippen LogP contribution is 2.52. The van der Waals surface area contributed by atoms with Crippen molar-refractivity contribution in [3.05, 3.63) is 64.7 Å². The van der Waals surface area contributed by atoms with Crippen LogP contribution in [0.25, 0.3) is 0 Å². The first-order valence-electron chi connectivity index (χ1n) is 10.4. The van der Waals surface area contributed by atoms with Gasteiger partial charge in [0.1, 0.15) is 17.9 Å². The van der Waals surface area contributed by atoms with Gasteiger partial charge in [0, 0.05) is 23.4 Å². The van der Waals surface area contributed by atoms with Gasteiger partial charge < -0.3 is 10.2 Å². The van der Waals surface area contributed by atoms with Crippen LogP contribution in [0.1, 0.15) is 24.0 Å². The van der Waals surface area contributed by atoms with E-state index in [1.165, 1.54) is 4.90 Å². The van der Waals surface area contributed by atoms with E-state index in [4.69, 9.17) is 11.6 Å². The minimum absolute atomic E-state index is 0.0251. The average Bonchev–Trinajstić information content (AvgIpc) is 3.44. The number of likely N-dealkylation sites (tertiary alicyclic amines) is 1. The third kappa shape index (κ3) is 2.10. The van der Waals surface area contributed by atoms with Crippen molar-refractivity contribution in [2.75, 3.05) is 11.9 Å². The van der Waals surface area contributed by atoms with Crippen LogP contribution in [0.5, 0.6) is 0 Å². The third-order valence-electron chi connectivity index (χ3n) is 7.45. The number of hydrogen-bond donors (Lipinski definition) is 2. The van der Waals surface area contributed by atoms with Crippen LogP contribution in [0.3, 0.4) is 0 Å². The highest BCUT2D eigenvalue weighted by molar-refractivity contribution is 6.31. The highest BCUT2D eigenvalue weighted by Gasteiger charge is 2.78. The fourth-order valence-electron chi connectivity index (χ4n) is 6.41. The number of amides is 3. The fourth-order valence-corrected chi connectivity index (χ4v) is 6.59. The van der Waals surface area contributed by atoms with Gasteiger partial charge >= 0.3 is 0 Å². The Morgan fingerprint density at radius 2 is 1.90 bits per heavy atom. The van der Waals surface area contributed by atoms with Gasteiger partial charge in [0.05, 0.1) is 18.8 Å². The summed E-state index contributed by atoms with van der Waals surface area (Å²) in [7, 11) is 0. The Morgan fingerprint density at radius 3 is 2.70 bits per heavy atom. The van der Waals surface area contributed by atoms with Crippen LogP contribution in [0, 0.1) is 11.8 Å². The molecule has 0 saturated carbocycles. The molecule has 4 aliphatic rings. The Morgan fingerprint density at radius 1 is 1.10 bits per heavy atom. The average molecular weight is 423 g/mol. The molecule has 3 saturated heterocycles. The lowest BCUT2D eigenvalue weighted by molar-refractivity contribution is -0.948. The van der Waals surface area contributed by atoms with E-state index in [-0.39, 0.29) is 30.3 Å². The molecule has 0 aromatic heterocycles. The molecule has 152 valence electrons. The molecule has 2 N–H and O–H groups in total. The molecule has 2 aromatic rings. The van der Waals surface area contributed by atoms with E-state index in [0.29, 0.717) is 10.7 Å². The largest absolute Gasteiger partial charge is 0.320 e. The second kappa shape index (κ2) is 6.15. The molecule has 0 bridgehead atoms. The van der Waals surface area contributed by atoms with E-state index in [1.54, 1.807) is 18.2 Å². The zero-order valence-corrected chi connectivity index (χ0v) is 17.0. The molecular weight excluding hydrogens is 402 g/mol. The molecule has 4 heterocycles. The van der Waals surface area contributed by atoms with E-state index < -0.39 is 17.4 Å². The van der Waals surface area contributed by atoms with Gasteiger partial charge in [0.25, 0.3) is 5.91 Å². The number of carbonyl (C=O) groups is 3. The van der Waals surface area contributed by atoms with E-state index in [0.717, 1.165) is 35.4 Å². The van der Waals surface area contributed by atoms with Gasteiger partial charge in [0.2, 0.25) is 17.4 Å². The van der Waals surface area contributed by atoms with Crippen molar-refractivity contribution in [3.63, 3.8) is 0 Å². The van der Waals surface area contributed by atoms with Gasteiger partial charge in [-0.05, 0) is 23.8 Å². The number of nitrogens with zero attached hydrogens (tertiary/aromatic N) is 1. The Balaban J connectivity index is 1.50. The lowest BCUT2D eigenvalue weighted by atomic mass is 9.75. The summed E-state index contributed by atoms with van der Waals surface area (Å²) in [6.45, 7) is 1.02. The summed E-state index contributed by atoms with van der Waals surface area (Å²) in [4.78, 5) is 43.2. The molecule has 0 radical (unpaired) electrons. The number of quaternary nitrogens is 1. The molecule has 6 nitrogen and oxygen atoms in total. The Hall–Kier alpha value is -2.70. The Bertz CT molecular complexity index is 1100. The van der Waals surface area contributed by atoms with Gasteiger partial charge in [-0.1, -0.05) is 41.9 Å². The topological polar surface area (TPSA) is 70.9 Å². The number of halogens is 1. The maximum absolute atomic E-state index is 13.7. The number of hydrogen-bond acceptors (Lipinski definition) is 3. The molecule has 7 heteroatoms. The number of imide groups is 1. The molecular formula is C23H21ClN3O3+. The van der Waals surface area contributed by atoms with E-state index >= 15 is 0 Å². The van der Waals surface area contributed by atoms with E-state index in [1.807, 2.05) is 30.3 Å². The molecule has 5 atom stereocenters. The van der Waals surface area contributed by atoms with Crippen molar-refractivity contribution in [2.45, 2.75) is 31.0 Å². The molecule has 1 unspecified atom stereocenters. The van der Waals surface area contributed by atoms with Crippen molar-refractivity contribution in [1.82, 2.24) is 4.90 Å². The summed E-state index contributed by atoms with van der Waals surface area (Å²) in [5, 5.41) is 3.51. The SMILES string of the molecule is O=C1[C@H]2[C@H]3CCC[NH+]3[C@@]3(C(=O)Nc4ccc(Cl)cc43)[C@@H]2C(=O)N1Cc1ccccc1. The first-order valence-corrected chi connectivity index (χ1v) is 10.8. The number of anilines is 1. The van der Waals surface area contributed by atoms with E-state index in [2.05, 4.69) is 5.32 Å². The molecule has 6 rings (SSSR count). The standard InChI is InChI=1S/C23H20ClN3O3/c24-14-8-9-16-15(11-14)23(22(30)25-16)19-18(17-7-4-10-27(17)23)20(28)26(21(19)29)12-13-5-2-1-3-6-13/h1-3,5-6,8-9,11,17-19H,4,7,10,12H2,(H,25,30)/p+1/t17-,18+,19+,23-/m1/s1. The molecule has 30 heavy (non-hydrogen) atoms. The molecule has 4 aliphatic heterocycles. The van der Waals surface area contributed by atoms with Gasteiger partial charge in [-0.15, -0.1) is 0 Å². The predicted octanol–water partition coefficient (Wildman–Crippen LogP) is 1.35. The number of nitrogens with one attached hydrogen (secondary N) is 2. The van der Waals surface area contributed by atoms with Crippen molar-refractivity contribution in [2.24, 2.45) is 11.8 Å². The second-order valence-electron chi connectivity index (χ2n) is 8.73. The molecule has 3 fully saturated rings. The lowest BCUT2D eigenvalue weighted by Crippen LogP contribution is -3.19. The fraction of sp³-hybridized carbons (Fsp3) is 0.348. The van der Waals surface area contributed by atoms with Crippen molar-refractivity contribution >= 4 is 35.0 Å². The first-order chi connectivity index (χ1) is 14.5. The molecule has 2 aromatic carbocycles. The Kier molecular flexibility index (Phi) is 3.71. The maximum Gasteiger partial charge on any atom is 0.291 e. The van der Waals surface area contributed by atoms with Gasteiger partial charge in [-0.3, -0.25) is 19.3 Å². The molecule has 3 amide bonds. The Labute approximate surface area is 178 Å². The summed E-state index contributed by atoms with van der Waals surface area (Å²) in [6, 6.07) is 14.8. The van der Waals surface area contributed by atoms with Crippen LogP contribution < -0.4 is 10.2 Å². The number of carbonyl (C=O) groups excluding carboxylic acids is 3. The molecule has 1 spiro atoms. The predicted molar refractivity (Wildman–Crippen MR) is 110 cm³/mol. The first kappa shape index (κ1) is 18.1. The van der Waals surface area contributed by atoms with Crippen LogP contribution >= 0.6 is 11.6 Å². The quantitative estimate of drug-likeness (QED) is 0.718. The number of rotatable bonds is 2. The summed E-state index contributed by atoms with van der Waals surface area (Å²) < 4.78 is 0. The van der Waals surface area contributed by atoms with Crippen LogP contribution in [0.2, 0.25) is 5.02 Å². The smallest absolute Gasteiger partial charge is 0.291 e. The normalized spacial score (nSPS) is 33.8. The third-order valence-corrected chi connectivity index (χ3v) is 7.69.